The van der Waals surface area contributed by atoms with E-state index in [4.69, 9.17) is 9.72 Å². The third kappa shape index (κ3) is 3.30. The molecule has 0 aliphatic heterocycles. The van der Waals surface area contributed by atoms with Crippen molar-refractivity contribution in [3.8, 4) is 5.75 Å². The minimum Gasteiger partial charge on any atom is -0.493 e. The molecule has 0 unspecified atom stereocenters. The lowest BCUT2D eigenvalue weighted by molar-refractivity contribution is 0.300. The maximum absolute atomic E-state index is 5.95. The fourth-order valence-electron chi connectivity index (χ4n) is 3.15. The summed E-state index contributed by atoms with van der Waals surface area (Å²) in [6.45, 7) is 12.2. The molecule has 2 aromatic carbocycles. The molecule has 0 aliphatic carbocycles. The van der Waals surface area contributed by atoms with Crippen LogP contribution in [0.15, 0.2) is 30.3 Å². The Balaban J connectivity index is 1.67. The summed E-state index contributed by atoms with van der Waals surface area (Å²) in [7, 11) is 0. The monoisotopic (exact) mass is 322 g/mol. The van der Waals surface area contributed by atoms with Gasteiger partial charge in [-0.05, 0) is 75.9 Å². The van der Waals surface area contributed by atoms with E-state index in [2.05, 4.69) is 69.5 Å². The maximum Gasteiger partial charge on any atom is 0.122 e. The molecule has 0 N–H and O–H groups in total. The highest BCUT2D eigenvalue weighted by atomic mass is 16.5. The Labute approximate surface area is 144 Å². The fraction of sp³-hybridized carbons (Fsp3) is 0.381. The molecular formula is C21H26N2O. The summed E-state index contributed by atoms with van der Waals surface area (Å²) in [6, 6.07) is 10.7. The second-order valence-electron chi connectivity index (χ2n) is 6.71. The third-order valence-corrected chi connectivity index (χ3v) is 4.67. The van der Waals surface area contributed by atoms with Gasteiger partial charge in [0.2, 0.25) is 0 Å². The molecule has 0 bridgehead atoms. The summed E-state index contributed by atoms with van der Waals surface area (Å²) >= 11 is 0. The zero-order chi connectivity index (χ0) is 17.3. The van der Waals surface area contributed by atoms with Crippen molar-refractivity contribution in [2.45, 2.75) is 47.6 Å². The summed E-state index contributed by atoms with van der Waals surface area (Å²) < 4.78 is 8.25. The summed E-state index contributed by atoms with van der Waals surface area (Å²) in [4.78, 5) is 4.70. The SMILES string of the molecule is Cc1ccc(OCCCn2c(C)nc3cc(C)c(C)cc32)c(C)c1. The molecule has 0 saturated heterocycles. The van der Waals surface area contributed by atoms with Gasteiger partial charge in [-0.2, -0.15) is 0 Å². The van der Waals surface area contributed by atoms with Gasteiger partial charge in [-0.1, -0.05) is 17.7 Å². The zero-order valence-corrected chi connectivity index (χ0v) is 15.3. The standard InChI is InChI=1S/C21H26N2O/c1-14-7-8-21(17(4)11-14)24-10-6-9-23-18(5)22-19-12-15(2)16(3)13-20(19)23/h7-8,11-13H,6,9-10H2,1-5H3. The number of aromatic nitrogens is 2. The van der Waals surface area contributed by atoms with E-state index in [0.717, 1.165) is 30.1 Å². The smallest absolute Gasteiger partial charge is 0.122 e. The topological polar surface area (TPSA) is 27.1 Å². The van der Waals surface area contributed by atoms with Crippen molar-refractivity contribution < 1.29 is 4.74 Å². The van der Waals surface area contributed by atoms with Gasteiger partial charge >= 0.3 is 0 Å². The molecule has 3 rings (SSSR count). The third-order valence-electron chi connectivity index (χ3n) is 4.67. The summed E-state index contributed by atoms with van der Waals surface area (Å²) in [5.41, 5.74) is 7.39. The number of fused-ring (bicyclic) bond motifs is 1. The van der Waals surface area contributed by atoms with Gasteiger partial charge in [-0.15, -0.1) is 0 Å². The second-order valence-corrected chi connectivity index (χ2v) is 6.71. The molecule has 0 fully saturated rings. The molecule has 0 atom stereocenters. The lowest BCUT2D eigenvalue weighted by Gasteiger charge is -2.11. The Hall–Kier alpha value is -2.29. The van der Waals surface area contributed by atoms with Crippen LogP contribution in [0, 0.1) is 34.6 Å². The molecule has 3 heteroatoms. The molecule has 3 aromatic rings. The van der Waals surface area contributed by atoms with E-state index in [1.165, 1.54) is 27.8 Å². The van der Waals surface area contributed by atoms with Crippen molar-refractivity contribution in [1.29, 1.82) is 0 Å². The predicted octanol–water partition coefficient (Wildman–Crippen LogP) is 5.05. The first-order valence-electron chi connectivity index (χ1n) is 8.60. The molecule has 24 heavy (non-hydrogen) atoms. The van der Waals surface area contributed by atoms with Gasteiger partial charge in [-0.25, -0.2) is 4.98 Å². The van der Waals surface area contributed by atoms with Gasteiger partial charge in [0.1, 0.15) is 11.6 Å². The zero-order valence-electron chi connectivity index (χ0n) is 15.3. The predicted molar refractivity (Wildman–Crippen MR) is 100.0 cm³/mol. The summed E-state index contributed by atoms with van der Waals surface area (Å²) in [6.07, 6.45) is 0.965. The van der Waals surface area contributed by atoms with E-state index in [9.17, 15) is 0 Å². The van der Waals surface area contributed by atoms with Crippen LogP contribution in [-0.4, -0.2) is 16.2 Å². The molecule has 3 nitrogen and oxygen atoms in total. The van der Waals surface area contributed by atoms with Gasteiger partial charge in [0.05, 0.1) is 17.6 Å². The normalized spacial score (nSPS) is 11.2. The van der Waals surface area contributed by atoms with Crippen LogP contribution in [0.25, 0.3) is 11.0 Å². The first-order chi connectivity index (χ1) is 11.5. The van der Waals surface area contributed by atoms with E-state index in [1.54, 1.807) is 0 Å². The van der Waals surface area contributed by atoms with Crippen molar-refractivity contribution in [2.24, 2.45) is 0 Å². The van der Waals surface area contributed by atoms with Crippen LogP contribution >= 0.6 is 0 Å². The average molecular weight is 322 g/mol. The first-order valence-corrected chi connectivity index (χ1v) is 8.60. The summed E-state index contributed by atoms with van der Waals surface area (Å²) in [5.74, 6) is 2.06. The number of hydrogen-bond acceptors (Lipinski definition) is 2. The number of nitrogens with zero attached hydrogens (tertiary/aromatic N) is 2. The van der Waals surface area contributed by atoms with Crippen LogP contribution in [0.3, 0.4) is 0 Å². The highest BCUT2D eigenvalue weighted by Gasteiger charge is 2.09. The van der Waals surface area contributed by atoms with E-state index in [-0.39, 0.29) is 0 Å². The molecule has 0 spiro atoms. The number of ether oxygens (including phenoxy) is 1. The fourth-order valence-corrected chi connectivity index (χ4v) is 3.15. The van der Waals surface area contributed by atoms with Crippen LogP contribution in [-0.2, 0) is 6.54 Å². The van der Waals surface area contributed by atoms with Gasteiger partial charge in [-0.3, -0.25) is 0 Å². The Morgan fingerprint density at radius 1 is 0.917 bits per heavy atom. The Morgan fingerprint density at radius 2 is 1.67 bits per heavy atom. The molecule has 0 amide bonds. The first kappa shape index (κ1) is 16.6. The van der Waals surface area contributed by atoms with Gasteiger partial charge < -0.3 is 9.30 Å². The number of imidazole rings is 1. The van der Waals surface area contributed by atoms with Crippen LogP contribution in [0.1, 0.15) is 34.5 Å². The van der Waals surface area contributed by atoms with Crippen LogP contribution in [0.5, 0.6) is 5.75 Å². The van der Waals surface area contributed by atoms with Crippen molar-refractivity contribution in [3.63, 3.8) is 0 Å². The average Bonchev–Trinajstić information content (AvgIpc) is 2.81. The van der Waals surface area contributed by atoms with Crippen molar-refractivity contribution >= 4 is 11.0 Å². The number of aryl methyl sites for hydroxylation is 6. The second kappa shape index (κ2) is 6.68. The number of benzene rings is 2. The van der Waals surface area contributed by atoms with Crippen LogP contribution in [0.2, 0.25) is 0 Å². The quantitative estimate of drug-likeness (QED) is 0.615. The van der Waals surface area contributed by atoms with E-state index < -0.39 is 0 Å². The Bertz CT molecular complexity index is 877. The van der Waals surface area contributed by atoms with Crippen LogP contribution < -0.4 is 4.74 Å². The lowest BCUT2D eigenvalue weighted by atomic mass is 10.1. The molecule has 0 radical (unpaired) electrons. The largest absolute Gasteiger partial charge is 0.493 e. The highest BCUT2D eigenvalue weighted by molar-refractivity contribution is 5.78. The van der Waals surface area contributed by atoms with Gasteiger partial charge in [0.25, 0.3) is 0 Å². The highest BCUT2D eigenvalue weighted by Crippen LogP contribution is 2.22. The molecule has 0 saturated carbocycles. The Morgan fingerprint density at radius 3 is 2.42 bits per heavy atom. The molecular weight excluding hydrogens is 296 g/mol. The minimum absolute atomic E-state index is 0.716. The van der Waals surface area contributed by atoms with E-state index >= 15 is 0 Å². The minimum atomic E-state index is 0.716. The van der Waals surface area contributed by atoms with Crippen molar-refractivity contribution in [3.05, 3.63) is 58.4 Å². The van der Waals surface area contributed by atoms with Crippen molar-refractivity contribution in [1.82, 2.24) is 9.55 Å². The maximum atomic E-state index is 5.95. The number of rotatable bonds is 5. The van der Waals surface area contributed by atoms with E-state index in [0.29, 0.717) is 6.61 Å². The summed E-state index contributed by atoms with van der Waals surface area (Å²) in [5, 5.41) is 0. The molecule has 1 heterocycles. The van der Waals surface area contributed by atoms with Crippen LogP contribution in [0.4, 0.5) is 0 Å². The van der Waals surface area contributed by atoms with Gasteiger partial charge in [0.15, 0.2) is 0 Å². The van der Waals surface area contributed by atoms with E-state index in [1.807, 2.05) is 0 Å². The Kier molecular flexibility index (Phi) is 4.61. The van der Waals surface area contributed by atoms with Crippen molar-refractivity contribution in [2.75, 3.05) is 6.61 Å². The molecule has 126 valence electrons. The van der Waals surface area contributed by atoms with Gasteiger partial charge in [0, 0.05) is 6.54 Å². The number of hydrogen-bond donors (Lipinski definition) is 0. The molecule has 0 aliphatic rings. The lowest BCUT2D eigenvalue weighted by Crippen LogP contribution is -2.06. The molecule has 1 aromatic heterocycles.